The minimum atomic E-state index is -4.49. The third kappa shape index (κ3) is 7.15. The summed E-state index contributed by atoms with van der Waals surface area (Å²) in [4.78, 5) is 1.51. The van der Waals surface area contributed by atoms with Crippen LogP contribution in [0.1, 0.15) is 0 Å². The number of hydrogen-bond donors (Lipinski definition) is 0. The second-order valence-electron chi connectivity index (χ2n) is 3.51. The molecule has 7 heteroatoms. The molecule has 17 heavy (non-hydrogen) atoms. The van der Waals surface area contributed by atoms with Crippen LogP contribution in [0.3, 0.4) is 0 Å². The summed E-state index contributed by atoms with van der Waals surface area (Å²) in [7, 11) is 2.94. The highest BCUT2D eigenvalue weighted by molar-refractivity contribution is 4.90. The van der Waals surface area contributed by atoms with E-state index in [-0.39, 0.29) is 6.54 Å². The van der Waals surface area contributed by atoms with E-state index < -0.39 is 12.1 Å². The lowest BCUT2D eigenvalue weighted by Gasteiger charge is -2.24. The van der Waals surface area contributed by atoms with Crippen LogP contribution >= 0.6 is 0 Å². The molecule has 4 nitrogen and oxygen atoms in total. The second kappa shape index (κ2) is 8.28. The lowest BCUT2D eigenvalue weighted by molar-refractivity contribution is -0.163. The van der Waals surface area contributed by atoms with Crippen LogP contribution in [0.4, 0.5) is 13.2 Å². The van der Waals surface area contributed by atoms with Crippen LogP contribution in [0.5, 0.6) is 0 Å². The van der Waals surface area contributed by atoms with Gasteiger partial charge in [-0.05, 0) is 0 Å². The summed E-state index contributed by atoms with van der Waals surface area (Å²) in [6, 6.07) is 1.28. The maximum absolute atomic E-state index is 12.4. The van der Waals surface area contributed by atoms with E-state index >= 15 is 0 Å². The minimum absolute atomic E-state index is 0.319. The molecule has 0 rings (SSSR count). The van der Waals surface area contributed by atoms with Gasteiger partial charge in [0.15, 0.2) is 5.92 Å². The van der Waals surface area contributed by atoms with Gasteiger partial charge in [-0.3, -0.25) is 4.90 Å². The standard InChI is InChI=1S/C10H17F3N2O2/c1-16-5-3-15(4-6-17-2)8-9(7-14)10(11,12)13/h9H,3-6,8H2,1-2H3. The summed E-state index contributed by atoms with van der Waals surface area (Å²) in [5.74, 6) is -1.98. The highest BCUT2D eigenvalue weighted by Gasteiger charge is 2.40. The van der Waals surface area contributed by atoms with Gasteiger partial charge in [0, 0.05) is 33.9 Å². The summed E-state index contributed by atoms with van der Waals surface area (Å²) >= 11 is 0. The molecule has 0 amide bonds. The SMILES string of the molecule is COCCN(CCOC)CC(C#N)C(F)(F)F. The Labute approximate surface area is 98.9 Å². The van der Waals surface area contributed by atoms with Gasteiger partial charge in [0.2, 0.25) is 0 Å². The quantitative estimate of drug-likeness (QED) is 0.654. The fourth-order valence-electron chi connectivity index (χ4n) is 1.21. The Hall–Kier alpha value is -0.840. The lowest BCUT2D eigenvalue weighted by Crippen LogP contribution is -2.39. The summed E-state index contributed by atoms with van der Waals surface area (Å²) in [5, 5.41) is 8.50. The molecule has 0 saturated heterocycles. The molecular weight excluding hydrogens is 237 g/mol. The van der Waals surface area contributed by atoms with Crippen molar-refractivity contribution in [2.24, 2.45) is 5.92 Å². The normalized spacial score (nSPS) is 13.7. The molecule has 0 N–H and O–H groups in total. The number of nitriles is 1. The van der Waals surface area contributed by atoms with Gasteiger partial charge >= 0.3 is 6.18 Å². The first-order valence-corrected chi connectivity index (χ1v) is 5.12. The van der Waals surface area contributed by atoms with E-state index in [1.165, 1.54) is 25.2 Å². The Balaban J connectivity index is 4.33. The van der Waals surface area contributed by atoms with Crippen molar-refractivity contribution in [3.8, 4) is 6.07 Å². The molecular formula is C10H17F3N2O2. The number of hydrogen-bond acceptors (Lipinski definition) is 4. The van der Waals surface area contributed by atoms with Crippen molar-refractivity contribution in [3.63, 3.8) is 0 Å². The molecule has 0 bridgehead atoms. The van der Waals surface area contributed by atoms with Crippen LogP contribution < -0.4 is 0 Å². The predicted molar refractivity (Wildman–Crippen MR) is 55.4 cm³/mol. The van der Waals surface area contributed by atoms with Crippen molar-refractivity contribution in [2.75, 3.05) is 47.1 Å². The van der Waals surface area contributed by atoms with Crippen molar-refractivity contribution < 1.29 is 22.6 Å². The van der Waals surface area contributed by atoms with E-state index in [9.17, 15) is 13.2 Å². The second-order valence-corrected chi connectivity index (χ2v) is 3.51. The molecule has 1 atom stereocenters. The Bertz CT molecular complexity index is 233. The summed E-state index contributed by atoms with van der Waals surface area (Å²) in [5.41, 5.74) is 0. The molecule has 0 fully saturated rings. The van der Waals surface area contributed by atoms with Crippen LogP contribution in [-0.4, -0.2) is 58.1 Å². The number of halogens is 3. The fourth-order valence-corrected chi connectivity index (χ4v) is 1.21. The zero-order valence-electron chi connectivity index (χ0n) is 9.96. The van der Waals surface area contributed by atoms with Gasteiger partial charge in [0.05, 0.1) is 19.3 Å². The number of alkyl halides is 3. The Morgan fingerprint density at radius 1 is 1.18 bits per heavy atom. The third-order valence-corrected chi connectivity index (χ3v) is 2.22. The molecule has 0 saturated carbocycles. The smallest absolute Gasteiger partial charge is 0.383 e. The number of rotatable bonds is 8. The van der Waals surface area contributed by atoms with Crippen molar-refractivity contribution in [1.82, 2.24) is 4.90 Å². The third-order valence-electron chi connectivity index (χ3n) is 2.22. The molecule has 1 unspecified atom stereocenters. The molecule has 0 radical (unpaired) electrons. The Morgan fingerprint density at radius 2 is 1.65 bits per heavy atom. The van der Waals surface area contributed by atoms with Gasteiger partial charge in [-0.2, -0.15) is 18.4 Å². The molecule has 0 aliphatic rings. The van der Waals surface area contributed by atoms with Gasteiger partial charge in [0.1, 0.15) is 0 Å². The maximum atomic E-state index is 12.4. The lowest BCUT2D eigenvalue weighted by atomic mass is 10.1. The summed E-state index contributed by atoms with van der Waals surface area (Å²) in [6.45, 7) is 0.967. The molecule has 0 aromatic rings. The van der Waals surface area contributed by atoms with Crippen LogP contribution in [0.15, 0.2) is 0 Å². The summed E-state index contributed by atoms with van der Waals surface area (Å²) in [6.07, 6.45) is -4.49. The van der Waals surface area contributed by atoms with E-state index in [2.05, 4.69) is 0 Å². The topological polar surface area (TPSA) is 45.5 Å². The van der Waals surface area contributed by atoms with Gasteiger partial charge in [-0.25, -0.2) is 0 Å². The average Bonchev–Trinajstić information content (AvgIpc) is 2.26. The van der Waals surface area contributed by atoms with Gasteiger partial charge in [-0.15, -0.1) is 0 Å². The highest BCUT2D eigenvalue weighted by atomic mass is 19.4. The van der Waals surface area contributed by atoms with E-state index in [1.54, 1.807) is 0 Å². The predicted octanol–water partition coefficient (Wildman–Crippen LogP) is 1.28. The van der Waals surface area contributed by atoms with Crippen LogP contribution in [-0.2, 0) is 9.47 Å². The van der Waals surface area contributed by atoms with Crippen LogP contribution in [0.2, 0.25) is 0 Å². The van der Waals surface area contributed by atoms with E-state index in [1.807, 2.05) is 0 Å². The number of ether oxygens (including phenoxy) is 2. The maximum Gasteiger partial charge on any atom is 0.405 e. The van der Waals surface area contributed by atoms with Gasteiger partial charge in [0.25, 0.3) is 0 Å². The Kier molecular flexibility index (Phi) is 7.87. The van der Waals surface area contributed by atoms with E-state index in [4.69, 9.17) is 14.7 Å². The van der Waals surface area contributed by atoms with Gasteiger partial charge < -0.3 is 9.47 Å². The highest BCUT2D eigenvalue weighted by Crippen LogP contribution is 2.26. The van der Waals surface area contributed by atoms with E-state index in [0.717, 1.165) is 0 Å². The molecule has 0 aliphatic heterocycles. The summed E-state index contributed by atoms with van der Waals surface area (Å²) < 4.78 is 46.9. The zero-order chi connectivity index (χ0) is 13.3. The minimum Gasteiger partial charge on any atom is -0.383 e. The fraction of sp³-hybridized carbons (Fsp3) is 0.900. The average molecular weight is 254 g/mol. The van der Waals surface area contributed by atoms with Crippen molar-refractivity contribution >= 4 is 0 Å². The first kappa shape index (κ1) is 16.2. The molecule has 0 aromatic heterocycles. The van der Waals surface area contributed by atoms with Crippen molar-refractivity contribution in [1.29, 1.82) is 5.26 Å². The molecule has 0 spiro atoms. The monoisotopic (exact) mass is 254 g/mol. The van der Waals surface area contributed by atoms with Crippen LogP contribution in [0.25, 0.3) is 0 Å². The molecule has 0 aliphatic carbocycles. The van der Waals surface area contributed by atoms with Crippen LogP contribution in [0, 0.1) is 17.2 Å². The molecule has 100 valence electrons. The van der Waals surface area contributed by atoms with E-state index in [0.29, 0.717) is 26.3 Å². The first-order valence-electron chi connectivity index (χ1n) is 5.12. The number of methoxy groups -OCH3 is 2. The first-order chi connectivity index (χ1) is 7.95. The van der Waals surface area contributed by atoms with Crippen molar-refractivity contribution in [2.45, 2.75) is 6.18 Å². The van der Waals surface area contributed by atoms with Gasteiger partial charge in [-0.1, -0.05) is 0 Å². The Morgan fingerprint density at radius 3 is 1.94 bits per heavy atom. The zero-order valence-corrected chi connectivity index (χ0v) is 9.96. The number of nitrogens with zero attached hydrogens (tertiary/aromatic N) is 2. The molecule has 0 heterocycles. The van der Waals surface area contributed by atoms with Crippen molar-refractivity contribution in [3.05, 3.63) is 0 Å². The largest absolute Gasteiger partial charge is 0.405 e. The molecule has 0 aromatic carbocycles.